The number of halogens is 1. The van der Waals surface area contributed by atoms with Crippen LogP contribution in [0.4, 0.5) is 4.39 Å². The molecule has 1 amide bonds. The van der Waals surface area contributed by atoms with Gasteiger partial charge in [-0.1, -0.05) is 35.6 Å². The van der Waals surface area contributed by atoms with Gasteiger partial charge in [0.2, 0.25) is 0 Å². The minimum Gasteiger partial charge on any atom is -0.346 e. The number of benzene rings is 2. The minimum absolute atomic E-state index is 0.161. The molecule has 6 heteroatoms. The number of nitrogens with one attached hydrogen (secondary N) is 2. The summed E-state index contributed by atoms with van der Waals surface area (Å²) in [6.07, 6.45) is 0. The number of amides is 1. The van der Waals surface area contributed by atoms with Crippen molar-refractivity contribution in [1.82, 2.24) is 10.3 Å². The van der Waals surface area contributed by atoms with Crippen LogP contribution in [0.1, 0.15) is 16.1 Å². The number of H-pyrrole nitrogens is 1. The summed E-state index contributed by atoms with van der Waals surface area (Å²) >= 11 is 1.04. The van der Waals surface area contributed by atoms with E-state index >= 15 is 0 Å². The summed E-state index contributed by atoms with van der Waals surface area (Å²) in [5, 5.41) is 5.35. The van der Waals surface area contributed by atoms with Crippen LogP contribution in [-0.2, 0) is 6.54 Å². The van der Waals surface area contributed by atoms with E-state index in [1.807, 2.05) is 0 Å². The number of hydrogen-bond donors (Lipinski definition) is 2. The molecule has 0 aliphatic rings. The van der Waals surface area contributed by atoms with Crippen LogP contribution in [0.2, 0.25) is 0 Å². The molecule has 4 nitrogen and oxygen atoms in total. The summed E-state index contributed by atoms with van der Waals surface area (Å²) in [4.78, 5) is 25.7. The highest BCUT2D eigenvalue weighted by Gasteiger charge is 2.12. The van der Waals surface area contributed by atoms with Gasteiger partial charge in [0.1, 0.15) is 5.82 Å². The van der Waals surface area contributed by atoms with E-state index in [4.69, 9.17) is 0 Å². The maximum Gasteiger partial charge on any atom is 0.304 e. The molecule has 1 aromatic heterocycles. The fourth-order valence-corrected chi connectivity index (χ4v) is 2.71. The first-order valence-electron chi connectivity index (χ1n) is 6.27. The van der Waals surface area contributed by atoms with Gasteiger partial charge in [-0.05, 0) is 17.5 Å². The molecule has 0 radical (unpaired) electrons. The average molecular weight is 302 g/mol. The van der Waals surface area contributed by atoms with Crippen molar-refractivity contribution in [1.29, 1.82) is 0 Å². The molecule has 0 spiro atoms. The Labute approximate surface area is 123 Å². The van der Waals surface area contributed by atoms with Crippen LogP contribution in [-0.4, -0.2) is 10.9 Å². The zero-order valence-electron chi connectivity index (χ0n) is 10.9. The number of aromatic nitrogens is 1. The average Bonchev–Trinajstić information content (AvgIpc) is 2.91. The highest BCUT2D eigenvalue weighted by Crippen LogP contribution is 2.21. The summed E-state index contributed by atoms with van der Waals surface area (Å²) in [6, 6.07) is 9.57. The van der Waals surface area contributed by atoms with Crippen molar-refractivity contribution in [2.75, 3.05) is 0 Å². The highest BCUT2D eigenvalue weighted by atomic mass is 32.1. The second-order valence-corrected chi connectivity index (χ2v) is 5.34. The van der Waals surface area contributed by atoms with Gasteiger partial charge >= 0.3 is 4.87 Å². The van der Waals surface area contributed by atoms with Gasteiger partial charge in [0.15, 0.2) is 0 Å². The Morgan fingerprint density at radius 2 is 1.95 bits per heavy atom. The topological polar surface area (TPSA) is 62.0 Å². The highest BCUT2D eigenvalue weighted by molar-refractivity contribution is 7.07. The molecule has 106 valence electrons. The summed E-state index contributed by atoms with van der Waals surface area (Å²) in [6.45, 7) is 0.225. The lowest BCUT2D eigenvalue weighted by molar-refractivity contribution is 0.0952. The smallest absolute Gasteiger partial charge is 0.304 e. The second-order valence-electron chi connectivity index (χ2n) is 4.50. The van der Waals surface area contributed by atoms with Crippen LogP contribution < -0.4 is 10.2 Å². The van der Waals surface area contributed by atoms with Gasteiger partial charge in [-0.15, -0.1) is 0 Å². The van der Waals surface area contributed by atoms with E-state index in [0.717, 1.165) is 11.3 Å². The number of hydrogen-bond acceptors (Lipinski definition) is 3. The molecule has 3 aromatic rings. The molecule has 0 unspecified atom stereocenters. The first-order valence-corrected chi connectivity index (χ1v) is 7.15. The Kier molecular flexibility index (Phi) is 3.53. The fourth-order valence-electron chi connectivity index (χ4n) is 2.13. The summed E-state index contributed by atoms with van der Waals surface area (Å²) in [5.74, 6) is -0.664. The lowest BCUT2D eigenvalue weighted by Crippen LogP contribution is -2.23. The second kappa shape index (κ2) is 5.49. The molecule has 0 aliphatic carbocycles. The zero-order chi connectivity index (χ0) is 14.8. The Balaban J connectivity index is 1.88. The Hall–Kier alpha value is -2.47. The van der Waals surface area contributed by atoms with Crippen LogP contribution in [0.25, 0.3) is 10.8 Å². The Morgan fingerprint density at radius 1 is 1.19 bits per heavy atom. The Morgan fingerprint density at radius 3 is 2.67 bits per heavy atom. The largest absolute Gasteiger partial charge is 0.346 e. The fraction of sp³-hybridized carbons (Fsp3) is 0.0667. The van der Waals surface area contributed by atoms with Crippen molar-refractivity contribution < 1.29 is 9.18 Å². The van der Waals surface area contributed by atoms with Crippen LogP contribution in [0.15, 0.2) is 46.6 Å². The van der Waals surface area contributed by atoms with Crippen molar-refractivity contribution in [3.8, 4) is 0 Å². The SMILES string of the molecule is O=C(NCc1csc(=O)[nH]1)c1ccc(F)c2ccccc12. The molecular weight excluding hydrogens is 291 g/mol. The standard InChI is InChI=1S/C15H11FN2O2S/c16-13-6-5-12(10-3-1-2-4-11(10)13)14(19)17-7-9-8-21-15(20)18-9/h1-6,8H,7H2,(H,17,19)(H,18,20). The number of carbonyl (C=O) groups excluding carboxylic acids is 1. The van der Waals surface area contributed by atoms with Gasteiger partial charge < -0.3 is 10.3 Å². The van der Waals surface area contributed by atoms with Crippen molar-refractivity contribution in [2.24, 2.45) is 0 Å². The van der Waals surface area contributed by atoms with E-state index in [9.17, 15) is 14.0 Å². The minimum atomic E-state index is -0.357. The van der Waals surface area contributed by atoms with Crippen LogP contribution >= 0.6 is 11.3 Å². The molecule has 21 heavy (non-hydrogen) atoms. The molecule has 2 aromatic carbocycles. The van der Waals surface area contributed by atoms with Crippen molar-refractivity contribution >= 4 is 28.0 Å². The van der Waals surface area contributed by atoms with Gasteiger partial charge in [0.25, 0.3) is 5.91 Å². The maximum absolute atomic E-state index is 13.7. The molecule has 1 heterocycles. The predicted octanol–water partition coefficient (Wildman–Crippen LogP) is 2.66. The van der Waals surface area contributed by atoms with Crippen LogP contribution in [0.5, 0.6) is 0 Å². The third-order valence-electron chi connectivity index (χ3n) is 3.13. The number of rotatable bonds is 3. The molecule has 2 N–H and O–H groups in total. The molecule has 0 saturated carbocycles. The first-order chi connectivity index (χ1) is 10.1. The number of fused-ring (bicyclic) bond motifs is 1. The normalized spacial score (nSPS) is 10.7. The van der Waals surface area contributed by atoms with E-state index in [1.54, 1.807) is 29.6 Å². The molecule has 0 aliphatic heterocycles. The molecule has 0 saturated heterocycles. The van der Waals surface area contributed by atoms with E-state index < -0.39 is 0 Å². The summed E-state index contributed by atoms with van der Waals surface area (Å²) < 4.78 is 13.7. The molecule has 0 fully saturated rings. The van der Waals surface area contributed by atoms with E-state index in [1.165, 1.54) is 12.1 Å². The monoisotopic (exact) mass is 302 g/mol. The van der Waals surface area contributed by atoms with E-state index in [-0.39, 0.29) is 23.1 Å². The van der Waals surface area contributed by atoms with Gasteiger partial charge in [-0.3, -0.25) is 9.59 Å². The van der Waals surface area contributed by atoms with Crippen molar-refractivity contribution in [2.45, 2.75) is 6.54 Å². The maximum atomic E-state index is 13.7. The summed E-state index contributed by atoms with van der Waals surface area (Å²) in [5.41, 5.74) is 1.05. The lowest BCUT2D eigenvalue weighted by atomic mass is 10.0. The van der Waals surface area contributed by atoms with E-state index in [2.05, 4.69) is 10.3 Å². The first kappa shape index (κ1) is 13.5. The van der Waals surface area contributed by atoms with Gasteiger partial charge in [0, 0.05) is 22.0 Å². The van der Waals surface area contributed by atoms with Crippen LogP contribution in [0.3, 0.4) is 0 Å². The number of carbonyl (C=O) groups is 1. The molecule has 0 bridgehead atoms. The Bertz CT molecular complexity index is 869. The third-order valence-corrected chi connectivity index (χ3v) is 3.84. The molecular formula is C15H11FN2O2S. The number of thiazole rings is 1. The van der Waals surface area contributed by atoms with Gasteiger partial charge in [-0.2, -0.15) is 0 Å². The third kappa shape index (κ3) is 2.71. The predicted molar refractivity (Wildman–Crippen MR) is 80.0 cm³/mol. The lowest BCUT2D eigenvalue weighted by Gasteiger charge is -2.08. The van der Waals surface area contributed by atoms with Crippen molar-refractivity contribution in [3.63, 3.8) is 0 Å². The summed E-state index contributed by atoms with van der Waals surface area (Å²) in [7, 11) is 0. The van der Waals surface area contributed by atoms with Gasteiger partial charge in [-0.25, -0.2) is 4.39 Å². The van der Waals surface area contributed by atoms with Crippen molar-refractivity contribution in [3.05, 3.63) is 68.5 Å². The molecule has 3 rings (SSSR count). The van der Waals surface area contributed by atoms with Crippen LogP contribution in [0, 0.1) is 5.82 Å². The molecule has 0 atom stereocenters. The van der Waals surface area contributed by atoms with Gasteiger partial charge in [0.05, 0.1) is 6.54 Å². The zero-order valence-corrected chi connectivity index (χ0v) is 11.7. The quantitative estimate of drug-likeness (QED) is 0.781. The van der Waals surface area contributed by atoms with E-state index in [0.29, 0.717) is 22.0 Å². The number of aromatic amines is 1.